The van der Waals surface area contributed by atoms with Crippen molar-refractivity contribution in [3.63, 3.8) is 0 Å². The van der Waals surface area contributed by atoms with Gasteiger partial charge in [-0.15, -0.1) is 0 Å². The molecule has 0 radical (unpaired) electrons. The summed E-state index contributed by atoms with van der Waals surface area (Å²) in [5.41, 5.74) is -2.85. The van der Waals surface area contributed by atoms with Gasteiger partial charge in [0.1, 0.15) is 5.75 Å². The quantitative estimate of drug-likeness (QED) is 0.376. The van der Waals surface area contributed by atoms with Crippen molar-refractivity contribution in [3.8, 4) is 28.7 Å². The van der Waals surface area contributed by atoms with Crippen LogP contribution in [0.5, 0.6) is 5.75 Å². The first kappa shape index (κ1) is 23.2. The molecular formula is C24H18F3N3O3S. The highest BCUT2D eigenvalue weighted by molar-refractivity contribution is 7.93. The van der Waals surface area contributed by atoms with Crippen LogP contribution >= 0.6 is 0 Å². The van der Waals surface area contributed by atoms with Crippen LogP contribution in [-0.2, 0) is 10.0 Å². The van der Waals surface area contributed by atoms with Gasteiger partial charge in [0.15, 0.2) is 5.82 Å². The van der Waals surface area contributed by atoms with E-state index in [1.54, 1.807) is 29.0 Å². The lowest BCUT2D eigenvalue weighted by Gasteiger charge is -2.14. The molecule has 0 fully saturated rings. The lowest BCUT2D eigenvalue weighted by Crippen LogP contribution is -2.30. The van der Waals surface area contributed by atoms with Gasteiger partial charge in [-0.25, -0.2) is 4.98 Å². The summed E-state index contributed by atoms with van der Waals surface area (Å²) in [5.74, 6) is 7.11. The summed E-state index contributed by atoms with van der Waals surface area (Å²) in [6.07, 6.45) is 0. The number of benzene rings is 3. The maximum Gasteiger partial charge on any atom is 0.516 e. The molecular weight excluding hydrogens is 467 g/mol. The average molecular weight is 485 g/mol. The molecule has 174 valence electrons. The molecule has 3 aromatic carbocycles. The van der Waals surface area contributed by atoms with Crippen molar-refractivity contribution in [3.05, 3.63) is 78.1 Å². The fourth-order valence-electron chi connectivity index (χ4n) is 3.20. The molecule has 0 unspecified atom stereocenters. The second kappa shape index (κ2) is 9.11. The molecule has 4 aromatic rings. The van der Waals surface area contributed by atoms with E-state index in [1.807, 2.05) is 31.2 Å². The number of nitrogens with one attached hydrogen (secondary N) is 2. The van der Waals surface area contributed by atoms with Crippen LogP contribution in [-0.4, -0.2) is 30.5 Å². The van der Waals surface area contributed by atoms with Crippen LogP contribution in [0.4, 0.5) is 18.9 Å². The van der Waals surface area contributed by atoms with Crippen molar-refractivity contribution in [2.45, 2.75) is 12.4 Å². The first-order chi connectivity index (χ1) is 16.2. The topological polar surface area (TPSA) is 84.1 Å². The highest BCUT2D eigenvalue weighted by Crippen LogP contribution is 2.33. The summed E-state index contributed by atoms with van der Waals surface area (Å²) in [7, 11) is -5.56. The molecule has 0 aliphatic carbocycles. The number of nitrogens with zero attached hydrogens (tertiary/aromatic N) is 1. The van der Waals surface area contributed by atoms with E-state index in [2.05, 4.69) is 21.8 Å². The van der Waals surface area contributed by atoms with E-state index in [0.29, 0.717) is 29.0 Å². The monoisotopic (exact) mass is 485 g/mol. The molecule has 6 nitrogen and oxygen atoms in total. The first-order valence-corrected chi connectivity index (χ1v) is 11.6. The van der Waals surface area contributed by atoms with Crippen molar-refractivity contribution < 1.29 is 26.3 Å². The number of halogens is 3. The molecule has 0 aliphatic heterocycles. The normalized spacial score (nSPS) is 11.6. The standard InChI is InChI=1S/C24H18F3N3O3S/c1-2-33-18-11-7-16(8-12-18)9-14-23-28-21-13-10-17(15-22(21)29-23)19-5-3-4-6-20(19)30-34(31,32)24(25,26)27/h3-8,10-13,15,30H,2H2,1H3,(H,28,29). The molecule has 4 rings (SSSR count). The Morgan fingerprint density at radius 3 is 2.47 bits per heavy atom. The van der Waals surface area contributed by atoms with Crippen LogP contribution in [0.15, 0.2) is 66.7 Å². The average Bonchev–Trinajstić information content (AvgIpc) is 3.20. The summed E-state index contributed by atoms with van der Waals surface area (Å²) in [4.78, 5) is 7.48. The van der Waals surface area contributed by atoms with Gasteiger partial charge in [-0.2, -0.15) is 21.6 Å². The molecule has 34 heavy (non-hydrogen) atoms. The number of aromatic nitrogens is 2. The number of rotatable bonds is 5. The van der Waals surface area contributed by atoms with Gasteiger partial charge in [0, 0.05) is 11.1 Å². The van der Waals surface area contributed by atoms with E-state index < -0.39 is 15.5 Å². The number of ether oxygens (including phenoxy) is 1. The molecule has 0 saturated heterocycles. The van der Waals surface area contributed by atoms with Crippen molar-refractivity contribution in [1.29, 1.82) is 0 Å². The number of para-hydroxylation sites is 1. The van der Waals surface area contributed by atoms with E-state index >= 15 is 0 Å². The number of fused-ring (bicyclic) bond motifs is 1. The number of hydrogen-bond donors (Lipinski definition) is 2. The van der Waals surface area contributed by atoms with Gasteiger partial charge in [0.2, 0.25) is 0 Å². The fourth-order valence-corrected chi connectivity index (χ4v) is 3.78. The van der Waals surface area contributed by atoms with Gasteiger partial charge in [-0.05, 0) is 60.9 Å². The Kier molecular flexibility index (Phi) is 6.22. The Morgan fingerprint density at radius 1 is 1.03 bits per heavy atom. The third-order valence-corrected chi connectivity index (χ3v) is 5.86. The number of anilines is 1. The number of sulfonamides is 1. The predicted octanol–water partition coefficient (Wildman–Crippen LogP) is 5.29. The predicted molar refractivity (Wildman–Crippen MR) is 124 cm³/mol. The second-order valence-corrected chi connectivity index (χ2v) is 8.80. The Labute approximate surface area is 193 Å². The highest BCUT2D eigenvalue weighted by Gasteiger charge is 2.46. The van der Waals surface area contributed by atoms with Crippen LogP contribution in [0.3, 0.4) is 0 Å². The zero-order valence-corrected chi connectivity index (χ0v) is 18.6. The third-order valence-electron chi connectivity index (χ3n) is 4.76. The molecule has 0 saturated carbocycles. The number of aromatic amines is 1. The van der Waals surface area contributed by atoms with Crippen molar-refractivity contribution in [1.82, 2.24) is 9.97 Å². The van der Waals surface area contributed by atoms with Gasteiger partial charge >= 0.3 is 15.5 Å². The largest absolute Gasteiger partial charge is 0.516 e. The number of hydrogen-bond acceptors (Lipinski definition) is 4. The fraction of sp³-hybridized carbons (Fsp3) is 0.125. The third kappa shape index (κ3) is 5.00. The molecule has 0 amide bonds. The molecule has 0 spiro atoms. The zero-order valence-electron chi connectivity index (χ0n) is 17.8. The Hall–Kier alpha value is -3.97. The summed E-state index contributed by atoms with van der Waals surface area (Å²) < 4.78 is 68.7. The summed E-state index contributed by atoms with van der Waals surface area (Å²) >= 11 is 0. The van der Waals surface area contributed by atoms with Crippen LogP contribution in [0.2, 0.25) is 0 Å². The highest BCUT2D eigenvalue weighted by atomic mass is 32.2. The van der Waals surface area contributed by atoms with E-state index in [9.17, 15) is 21.6 Å². The molecule has 10 heteroatoms. The zero-order chi connectivity index (χ0) is 24.3. The minimum atomic E-state index is -5.56. The smallest absolute Gasteiger partial charge is 0.494 e. The van der Waals surface area contributed by atoms with Gasteiger partial charge < -0.3 is 9.72 Å². The second-order valence-electron chi connectivity index (χ2n) is 7.12. The molecule has 0 bridgehead atoms. The van der Waals surface area contributed by atoms with Crippen molar-refractivity contribution >= 4 is 26.7 Å². The number of imidazole rings is 1. The lowest BCUT2D eigenvalue weighted by atomic mass is 10.0. The Morgan fingerprint density at radius 2 is 1.76 bits per heavy atom. The van der Waals surface area contributed by atoms with Gasteiger partial charge in [0.25, 0.3) is 0 Å². The SMILES string of the molecule is CCOc1ccc(C#Cc2nc3ccc(-c4ccccc4NS(=O)(=O)C(F)(F)F)cc3[nH]2)cc1. The Balaban J connectivity index is 1.63. The van der Waals surface area contributed by atoms with Gasteiger partial charge in [0.05, 0.1) is 23.3 Å². The maximum absolute atomic E-state index is 12.8. The molecule has 0 atom stereocenters. The first-order valence-electron chi connectivity index (χ1n) is 10.1. The van der Waals surface area contributed by atoms with E-state index in [0.717, 1.165) is 11.3 Å². The number of H-pyrrole nitrogens is 1. The van der Waals surface area contributed by atoms with E-state index in [4.69, 9.17) is 4.74 Å². The molecule has 1 aromatic heterocycles. The van der Waals surface area contributed by atoms with Crippen molar-refractivity contribution in [2.75, 3.05) is 11.3 Å². The molecule has 1 heterocycles. The lowest BCUT2D eigenvalue weighted by molar-refractivity contribution is -0.0429. The van der Waals surface area contributed by atoms with E-state index in [-0.39, 0.29) is 11.3 Å². The van der Waals surface area contributed by atoms with Gasteiger partial charge in [-0.1, -0.05) is 30.2 Å². The van der Waals surface area contributed by atoms with Crippen LogP contribution in [0.25, 0.3) is 22.2 Å². The van der Waals surface area contributed by atoms with Crippen LogP contribution < -0.4 is 9.46 Å². The summed E-state index contributed by atoms with van der Waals surface area (Å²) in [6.45, 7) is 2.48. The minimum Gasteiger partial charge on any atom is -0.494 e. The van der Waals surface area contributed by atoms with Crippen LogP contribution in [0, 0.1) is 11.8 Å². The van der Waals surface area contributed by atoms with Gasteiger partial charge in [-0.3, -0.25) is 4.72 Å². The summed E-state index contributed by atoms with van der Waals surface area (Å²) in [6, 6.07) is 18.1. The maximum atomic E-state index is 12.8. The van der Waals surface area contributed by atoms with Crippen LogP contribution in [0.1, 0.15) is 18.3 Å². The Bertz CT molecular complexity index is 1500. The van der Waals surface area contributed by atoms with Crippen molar-refractivity contribution in [2.24, 2.45) is 0 Å². The van der Waals surface area contributed by atoms with E-state index in [1.165, 1.54) is 18.2 Å². The number of alkyl halides is 3. The molecule has 0 aliphatic rings. The summed E-state index contributed by atoms with van der Waals surface area (Å²) in [5, 5.41) is 0. The minimum absolute atomic E-state index is 0.186. The molecule has 2 N–H and O–H groups in total.